The summed E-state index contributed by atoms with van der Waals surface area (Å²) in [6.07, 6.45) is 0.534. The molecule has 3 rings (SSSR count). The standard InChI is InChI=1S/C20H20BrNO6S/c1-3-29(25,26)22-9-8-13-10-14(4-7-18(13)22)19(23)12-28-20(24)16-11-15(27-2)5-6-17(16)21/h4-7,10-11H,3,8-9,12H2,1-2H3. The van der Waals surface area contributed by atoms with Crippen molar-refractivity contribution in [1.82, 2.24) is 0 Å². The number of benzene rings is 2. The van der Waals surface area contributed by atoms with Gasteiger partial charge in [-0.15, -0.1) is 0 Å². The molecule has 1 aliphatic heterocycles. The van der Waals surface area contributed by atoms with E-state index in [1.807, 2.05) is 0 Å². The highest BCUT2D eigenvalue weighted by atomic mass is 79.9. The van der Waals surface area contributed by atoms with Gasteiger partial charge in [-0.05, 0) is 71.2 Å². The van der Waals surface area contributed by atoms with Gasteiger partial charge in [0.05, 0.1) is 24.1 Å². The molecule has 0 saturated carbocycles. The number of halogens is 1. The van der Waals surface area contributed by atoms with Crippen molar-refractivity contribution in [1.29, 1.82) is 0 Å². The first-order chi connectivity index (χ1) is 13.8. The molecule has 154 valence electrons. The van der Waals surface area contributed by atoms with Crippen LogP contribution in [0.4, 0.5) is 5.69 Å². The molecule has 1 heterocycles. The van der Waals surface area contributed by atoms with Crippen LogP contribution >= 0.6 is 15.9 Å². The minimum atomic E-state index is -3.34. The van der Waals surface area contributed by atoms with Crippen molar-refractivity contribution in [3.8, 4) is 5.75 Å². The molecule has 0 aliphatic carbocycles. The highest BCUT2D eigenvalue weighted by Gasteiger charge is 2.28. The first-order valence-electron chi connectivity index (χ1n) is 8.94. The van der Waals surface area contributed by atoms with Crippen LogP contribution in [0.2, 0.25) is 0 Å². The normalized spacial score (nSPS) is 13.1. The van der Waals surface area contributed by atoms with Crippen LogP contribution in [0.25, 0.3) is 0 Å². The number of rotatable bonds is 7. The summed E-state index contributed by atoms with van der Waals surface area (Å²) in [5.41, 5.74) is 2.01. The molecular weight excluding hydrogens is 462 g/mol. The molecule has 0 spiro atoms. The number of ketones is 1. The van der Waals surface area contributed by atoms with Crippen molar-refractivity contribution in [2.45, 2.75) is 13.3 Å². The second kappa shape index (κ2) is 8.54. The fourth-order valence-electron chi connectivity index (χ4n) is 3.07. The maximum Gasteiger partial charge on any atom is 0.339 e. The van der Waals surface area contributed by atoms with Crippen LogP contribution in [0.15, 0.2) is 40.9 Å². The van der Waals surface area contributed by atoms with E-state index in [1.165, 1.54) is 17.5 Å². The summed E-state index contributed by atoms with van der Waals surface area (Å²) in [6, 6.07) is 9.73. The minimum Gasteiger partial charge on any atom is -0.497 e. The Morgan fingerprint density at radius 3 is 2.62 bits per heavy atom. The summed E-state index contributed by atoms with van der Waals surface area (Å²) in [7, 11) is -1.85. The number of carbonyl (C=O) groups excluding carboxylic acids is 2. The van der Waals surface area contributed by atoms with Gasteiger partial charge in [0.2, 0.25) is 10.0 Å². The van der Waals surface area contributed by atoms with Crippen LogP contribution < -0.4 is 9.04 Å². The zero-order valence-electron chi connectivity index (χ0n) is 16.0. The number of Topliss-reactive ketones (excluding diaryl/α,β-unsaturated/α-hetero) is 1. The van der Waals surface area contributed by atoms with E-state index in [-0.39, 0.29) is 17.1 Å². The van der Waals surface area contributed by atoms with E-state index in [2.05, 4.69) is 15.9 Å². The van der Waals surface area contributed by atoms with Crippen LogP contribution in [0.1, 0.15) is 33.2 Å². The van der Waals surface area contributed by atoms with Gasteiger partial charge in [-0.25, -0.2) is 13.2 Å². The van der Waals surface area contributed by atoms with E-state index >= 15 is 0 Å². The average Bonchev–Trinajstić information content (AvgIpc) is 3.16. The Labute approximate surface area is 177 Å². The van der Waals surface area contributed by atoms with Crippen LogP contribution in [0.3, 0.4) is 0 Å². The molecule has 0 atom stereocenters. The molecule has 0 bridgehead atoms. The number of methoxy groups -OCH3 is 1. The van der Waals surface area contributed by atoms with Crippen LogP contribution in [0, 0.1) is 0 Å². The molecule has 0 amide bonds. The molecule has 0 aromatic heterocycles. The Morgan fingerprint density at radius 2 is 1.93 bits per heavy atom. The smallest absolute Gasteiger partial charge is 0.339 e. The number of nitrogens with zero attached hydrogens (tertiary/aromatic N) is 1. The topological polar surface area (TPSA) is 90.0 Å². The Kier molecular flexibility index (Phi) is 6.28. The van der Waals surface area contributed by atoms with E-state index in [0.29, 0.717) is 34.4 Å². The van der Waals surface area contributed by atoms with Gasteiger partial charge in [0.25, 0.3) is 0 Å². The van der Waals surface area contributed by atoms with E-state index in [9.17, 15) is 18.0 Å². The Balaban J connectivity index is 1.70. The van der Waals surface area contributed by atoms with E-state index in [0.717, 1.165) is 5.56 Å². The van der Waals surface area contributed by atoms with Crippen molar-refractivity contribution in [3.63, 3.8) is 0 Å². The Hall–Kier alpha value is -2.39. The van der Waals surface area contributed by atoms with Crippen molar-refractivity contribution in [2.24, 2.45) is 0 Å². The zero-order chi connectivity index (χ0) is 21.2. The molecule has 7 nitrogen and oxygen atoms in total. The lowest BCUT2D eigenvalue weighted by atomic mass is 10.1. The van der Waals surface area contributed by atoms with Gasteiger partial charge in [-0.1, -0.05) is 0 Å². The second-order valence-corrected chi connectivity index (χ2v) is 9.45. The van der Waals surface area contributed by atoms with E-state index < -0.39 is 22.6 Å². The number of hydrogen-bond donors (Lipinski definition) is 0. The van der Waals surface area contributed by atoms with Gasteiger partial charge in [-0.2, -0.15) is 0 Å². The number of esters is 1. The van der Waals surface area contributed by atoms with Crippen LogP contribution in [0.5, 0.6) is 5.75 Å². The lowest BCUT2D eigenvalue weighted by Gasteiger charge is -2.18. The SMILES string of the molecule is CCS(=O)(=O)N1CCc2cc(C(=O)COC(=O)c3cc(OC)ccc3Br)ccc21. The van der Waals surface area contributed by atoms with Crippen LogP contribution in [-0.4, -0.2) is 46.2 Å². The predicted octanol–water partition coefficient (Wildman–Crippen LogP) is 3.21. The summed E-state index contributed by atoms with van der Waals surface area (Å²) in [4.78, 5) is 24.8. The number of anilines is 1. The third-order valence-electron chi connectivity index (χ3n) is 4.68. The fraction of sp³-hybridized carbons (Fsp3) is 0.300. The third kappa shape index (κ3) is 4.45. The summed E-state index contributed by atoms with van der Waals surface area (Å²) >= 11 is 3.28. The number of hydrogen-bond acceptors (Lipinski definition) is 6. The maximum absolute atomic E-state index is 12.5. The largest absolute Gasteiger partial charge is 0.497 e. The van der Waals surface area contributed by atoms with Gasteiger partial charge in [0.15, 0.2) is 12.4 Å². The monoisotopic (exact) mass is 481 g/mol. The van der Waals surface area contributed by atoms with Crippen molar-refractivity contribution >= 4 is 43.4 Å². The first kappa shape index (κ1) is 21.3. The van der Waals surface area contributed by atoms with Gasteiger partial charge >= 0.3 is 5.97 Å². The van der Waals surface area contributed by atoms with Gasteiger partial charge in [0, 0.05) is 16.6 Å². The van der Waals surface area contributed by atoms with Gasteiger partial charge in [-0.3, -0.25) is 9.10 Å². The molecule has 2 aromatic carbocycles. The summed E-state index contributed by atoms with van der Waals surface area (Å²) in [5, 5.41) is 0. The fourth-order valence-corrected chi connectivity index (χ4v) is 4.64. The molecular formula is C20H20BrNO6S. The zero-order valence-corrected chi connectivity index (χ0v) is 18.4. The van der Waals surface area contributed by atoms with Crippen molar-refractivity contribution in [2.75, 3.05) is 30.3 Å². The number of carbonyl (C=O) groups is 2. The average molecular weight is 482 g/mol. The molecule has 2 aromatic rings. The summed E-state index contributed by atoms with van der Waals surface area (Å²) in [6.45, 7) is 1.54. The lowest BCUT2D eigenvalue weighted by Crippen LogP contribution is -2.30. The lowest BCUT2D eigenvalue weighted by molar-refractivity contribution is 0.0473. The molecule has 0 N–H and O–H groups in total. The summed E-state index contributed by atoms with van der Waals surface area (Å²) < 4.78 is 36.5. The molecule has 0 radical (unpaired) electrons. The molecule has 29 heavy (non-hydrogen) atoms. The quantitative estimate of drug-likeness (QED) is 0.445. The van der Waals surface area contributed by atoms with Crippen molar-refractivity contribution < 1.29 is 27.5 Å². The molecule has 1 aliphatic rings. The van der Waals surface area contributed by atoms with E-state index in [1.54, 1.807) is 37.3 Å². The minimum absolute atomic E-state index is 0.0168. The number of fused-ring (bicyclic) bond motifs is 1. The third-order valence-corrected chi connectivity index (χ3v) is 7.15. The second-order valence-electron chi connectivity index (χ2n) is 6.41. The van der Waals surface area contributed by atoms with Crippen LogP contribution in [-0.2, 0) is 21.2 Å². The predicted molar refractivity (Wildman–Crippen MR) is 112 cm³/mol. The molecule has 0 unspecified atom stereocenters. The first-order valence-corrected chi connectivity index (χ1v) is 11.3. The molecule has 0 saturated heterocycles. The molecule has 9 heteroatoms. The summed E-state index contributed by atoms with van der Waals surface area (Å²) in [5.74, 6) is -0.498. The number of sulfonamides is 1. The Morgan fingerprint density at radius 1 is 1.17 bits per heavy atom. The number of ether oxygens (including phenoxy) is 2. The Bertz CT molecular complexity index is 1070. The van der Waals surface area contributed by atoms with Crippen molar-refractivity contribution in [3.05, 3.63) is 57.6 Å². The highest BCUT2D eigenvalue weighted by Crippen LogP contribution is 2.31. The van der Waals surface area contributed by atoms with Gasteiger partial charge < -0.3 is 9.47 Å². The highest BCUT2D eigenvalue weighted by molar-refractivity contribution is 9.10. The van der Waals surface area contributed by atoms with Gasteiger partial charge in [0.1, 0.15) is 5.75 Å². The van der Waals surface area contributed by atoms with E-state index in [4.69, 9.17) is 9.47 Å². The molecule has 0 fully saturated rings. The maximum atomic E-state index is 12.5.